The fourth-order valence-electron chi connectivity index (χ4n) is 1.36. The minimum Gasteiger partial charge on any atom is -0.298 e. The predicted molar refractivity (Wildman–Crippen MR) is 56.6 cm³/mol. The van der Waals surface area contributed by atoms with Crippen molar-refractivity contribution in [2.75, 3.05) is 0 Å². The summed E-state index contributed by atoms with van der Waals surface area (Å²) in [5, 5.41) is 2.13. The Hall–Kier alpha value is -1.28. The van der Waals surface area contributed by atoms with E-state index in [1.165, 1.54) is 0 Å². The molecule has 0 spiro atoms. The zero-order valence-electron chi connectivity index (χ0n) is 6.90. The molecule has 2 aromatic carbocycles. The van der Waals surface area contributed by atoms with Crippen LogP contribution in [0.5, 0.6) is 0 Å². The molecule has 2 heteroatoms. The van der Waals surface area contributed by atoms with Gasteiger partial charge >= 0.3 is 0 Å². The first-order valence-electron chi connectivity index (χ1n) is 3.98. The normalized spacial score (nSPS) is 10.2. The summed E-state index contributed by atoms with van der Waals surface area (Å²) in [6.07, 6.45) is 0.852. The third-order valence-electron chi connectivity index (χ3n) is 2.02. The summed E-state index contributed by atoms with van der Waals surface area (Å²) in [6, 6.07) is 11.4. The van der Waals surface area contributed by atoms with Gasteiger partial charge in [0, 0.05) is 10.5 Å². The highest BCUT2D eigenvalue weighted by molar-refractivity contribution is 7.80. The van der Waals surface area contributed by atoms with Crippen LogP contribution in [0.2, 0.25) is 0 Å². The van der Waals surface area contributed by atoms with Gasteiger partial charge in [0.15, 0.2) is 0 Å². The first kappa shape index (κ1) is 8.32. The molecule has 0 aliphatic carbocycles. The summed E-state index contributed by atoms with van der Waals surface area (Å²) < 4.78 is 0. The molecular weight excluding hydrogens is 180 g/mol. The molecule has 2 aromatic rings. The van der Waals surface area contributed by atoms with Crippen LogP contribution in [0.1, 0.15) is 10.4 Å². The monoisotopic (exact) mass is 188 g/mol. The molecule has 0 unspecified atom stereocenters. The number of carbonyl (C=O) groups is 1. The summed E-state index contributed by atoms with van der Waals surface area (Å²) in [7, 11) is 0. The highest BCUT2D eigenvalue weighted by Crippen LogP contribution is 2.22. The number of aldehydes is 1. The van der Waals surface area contributed by atoms with Crippen LogP contribution in [0.15, 0.2) is 41.3 Å². The number of benzene rings is 2. The van der Waals surface area contributed by atoms with Gasteiger partial charge in [-0.15, -0.1) is 12.6 Å². The zero-order chi connectivity index (χ0) is 9.26. The Balaban J connectivity index is 2.79. The molecule has 0 bridgehead atoms. The van der Waals surface area contributed by atoms with Crippen LogP contribution < -0.4 is 0 Å². The van der Waals surface area contributed by atoms with Crippen molar-refractivity contribution >= 4 is 29.7 Å². The smallest absolute Gasteiger partial charge is 0.150 e. The van der Waals surface area contributed by atoms with E-state index in [0.717, 1.165) is 22.0 Å². The second kappa shape index (κ2) is 3.23. The summed E-state index contributed by atoms with van der Waals surface area (Å²) in [6.45, 7) is 0. The highest BCUT2D eigenvalue weighted by Gasteiger charge is 1.97. The summed E-state index contributed by atoms with van der Waals surface area (Å²) in [5.41, 5.74) is 0.700. The van der Waals surface area contributed by atoms with E-state index >= 15 is 0 Å². The van der Waals surface area contributed by atoms with E-state index in [1.807, 2.05) is 30.3 Å². The molecule has 13 heavy (non-hydrogen) atoms. The summed E-state index contributed by atoms with van der Waals surface area (Å²) in [4.78, 5) is 11.5. The zero-order valence-corrected chi connectivity index (χ0v) is 7.79. The molecule has 0 N–H and O–H groups in total. The van der Waals surface area contributed by atoms with Gasteiger partial charge in [-0.1, -0.05) is 24.3 Å². The summed E-state index contributed by atoms with van der Waals surface area (Å²) in [5.74, 6) is 0. The van der Waals surface area contributed by atoms with E-state index in [0.29, 0.717) is 5.56 Å². The minimum atomic E-state index is 0.700. The van der Waals surface area contributed by atoms with Gasteiger partial charge in [0.1, 0.15) is 6.29 Å². The van der Waals surface area contributed by atoms with Gasteiger partial charge in [-0.25, -0.2) is 0 Å². The van der Waals surface area contributed by atoms with Gasteiger partial charge in [-0.05, 0) is 22.9 Å². The van der Waals surface area contributed by atoms with E-state index in [-0.39, 0.29) is 0 Å². The molecule has 0 heterocycles. The van der Waals surface area contributed by atoms with Crippen LogP contribution in [-0.2, 0) is 0 Å². The first-order chi connectivity index (χ1) is 6.31. The highest BCUT2D eigenvalue weighted by atomic mass is 32.1. The second-order valence-electron chi connectivity index (χ2n) is 2.88. The van der Waals surface area contributed by atoms with Crippen LogP contribution in [0.4, 0.5) is 0 Å². The van der Waals surface area contributed by atoms with Crippen LogP contribution in [0.3, 0.4) is 0 Å². The van der Waals surface area contributed by atoms with Gasteiger partial charge in [0.05, 0.1) is 0 Å². The summed E-state index contributed by atoms with van der Waals surface area (Å²) >= 11 is 4.33. The van der Waals surface area contributed by atoms with E-state index in [1.54, 1.807) is 6.07 Å². The Labute approximate surface area is 81.8 Å². The minimum absolute atomic E-state index is 0.700. The Kier molecular flexibility index (Phi) is 2.07. The molecule has 0 saturated carbocycles. The van der Waals surface area contributed by atoms with E-state index < -0.39 is 0 Å². The van der Waals surface area contributed by atoms with Crippen molar-refractivity contribution in [1.82, 2.24) is 0 Å². The van der Waals surface area contributed by atoms with E-state index in [4.69, 9.17) is 0 Å². The number of hydrogen-bond donors (Lipinski definition) is 1. The lowest BCUT2D eigenvalue weighted by Gasteiger charge is -2.00. The largest absolute Gasteiger partial charge is 0.298 e. The molecule has 2 rings (SSSR count). The van der Waals surface area contributed by atoms with Crippen molar-refractivity contribution in [1.29, 1.82) is 0 Å². The molecule has 64 valence electrons. The Bertz CT molecular complexity index is 463. The molecule has 0 amide bonds. The lowest BCUT2D eigenvalue weighted by Crippen LogP contribution is -1.80. The number of thiol groups is 1. The molecule has 0 saturated heterocycles. The van der Waals surface area contributed by atoms with Crippen LogP contribution >= 0.6 is 12.6 Å². The maximum atomic E-state index is 10.5. The van der Waals surface area contributed by atoms with Gasteiger partial charge < -0.3 is 0 Å². The number of hydrogen-bond acceptors (Lipinski definition) is 2. The third-order valence-corrected chi connectivity index (χ3v) is 2.41. The molecule has 0 aromatic heterocycles. The standard InChI is InChI=1S/C11H8OS/c12-7-8-4-5-10-9(6-8)2-1-3-11(10)13/h1-7,13H. The third kappa shape index (κ3) is 1.45. The average Bonchev–Trinajstić information content (AvgIpc) is 2.18. The lowest BCUT2D eigenvalue weighted by molar-refractivity contribution is 0.112. The van der Waals surface area contributed by atoms with E-state index in [9.17, 15) is 4.79 Å². The fourth-order valence-corrected chi connectivity index (χ4v) is 1.65. The Morgan fingerprint density at radius 2 is 2.00 bits per heavy atom. The van der Waals surface area contributed by atoms with Gasteiger partial charge in [-0.3, -0.25) is 4.79 Å². The van der Waals surface area contributed by atoms with Crippen LogP contribution in [0.25, 0.3) is 10.8 Å². The molecule has 1 nitrogen and oxygen atoms in total. The number of fused-ring (bicyclic) bond motifs is 1. The second-order valence-corrected chi connectivity index (χ2v) is 3.36. The van der Waals surface area contributed by atoms with Crippen LogP contribution in [0, 0.1) is 0 Å². The van der Waals surface area contributed by atoms with Gasteiger partial charge in [-0.2, -0.15) is 0 Å². The lowest BCUT2D eigenvalue weighted by atomic mass is 10.1. The fraction of sp³-hybridized carbons (Fsp3) is 0. The predicted octanol–water partition coefficient (Wildman–Crippen LogP) is 2.94. The van der Waals surface area contributed by atoms with Crippen molar-refractivity contribution in [3.8, 4) is 0 Å². The van der Waals surface area contributed by atoms with Crippen molar-refractivity contribution in [3.05, 3.63) is 42.0 Å². The van der Waals surface area contributed by atoms with Crippen LogP contribution in [-0.4, -0.2) is 6.29 Å². The molecular formula is C11H8OS. The quantitative estimate of drug-likeness (QED) is 0.538. The van der Waals surface area contributed by atoms with E-state index in [2.05, 4.69) is 12.6 Å². The van der Waals surface area contributed by atoms with Crippen molar-refractivity contribution in [2.24, 2.45) is 0 Å². The maximum absolute atomic E-state index is 10.5. The first-order valence-corrected chi connectivity index (χ1v) is 4.43. The SMILES string of the molecule is O=Cc1ccc2c(S)cccc2c1. The molecule has 0 aliphatic rings. The average molecular weight is 188 g/mol. The molecule has 0 radical (unpaired) electrons. The van der Waals surface area contributed by atoms with Crippen molar-refractivity contribution in [2.45, 2.75) is 4.90 Å². The number of rotatable bonds is 1. The number of carbonyl (C=O) groups excluding carboxylic acids is 1. The molecule has 0 aliphatic heterocycles. The van der Waals surface area contributed by atoms with Gasteiger partial charge in [0.25, 0.3) is 0 Å². The van der Waals surface area contributed by atoms with Gasteiger partial charge in [0.2, 0.25) is 0 Å². The van der Waals surface area contributed by atoms with Crippen molar-refractivity contribution in [3.63, 3.8) is 0 Å². The van der Waals surface area contributed by atoms with Crippen molar-refractivity contribution < 1.29 is 4.79 Å². The molecule has 0 atom stereocenters. The molecule has 0 fully saturated rings. The Morgan fingerprint density at radius 1 is 1.15 bits per heavy atom. The Morgan fingerprint density at radius 3 is 2.77 bits per heavy atom. The maximum Gasteiger partial charge on any atom is 0.150 e. The topological polar surface area (TPSA) is 17.1 Å².